The van der Waals surface area contributed by atoms with Gasteiger partial charge < -0.3 is 5.32 Å². The molecule has 1 unspecified atom stereocenters. The van der Waals surface area contributed by atoms with E-state index >= 15 is 0 Å². The first-order valence-electron chi connectivity index (χ1n) is 8.81. The molecule has 0 saturated carbocycles. The van der Waals surface area contributed by atoms with Gasteiger partial charge >= 0.3 is 0 Å². The van der Waals surface area contributed by atoms with Gasteiger partial charge in [0.15, 0.2) is 0 Å². The van der Waals surface area contributed by atoms with Gasteiger partial charge in [-0.25, -0.2) is 0 Å². The van der Waals surface area contributed by atoms with E-state index in [0.29, 0.717) is 5.41 Å². The molecule has 1 heteroatoms. The minimum atomic E-state index is 0.568. The second-order valence-corrected chi connectivity index (χ2v) is 6.79. The van der Waals surface area contributed by atoms with Crippen LogP contribution in [0.3, 0.4) is 0 Å². The number of unbranched alkanes of at least 4 members (excludes halogenated alkanes) is 4. The van der Waals surface area contributed by atoms with Crippen LogP contribution in [0, 0.1) is 11.3 Å². The van der Waals surface area contributed by atoms with Crippen LogP contribution in [-0.2, 0) is 0 Å². The molecule has 0 fully saturated rings. The first-order chi connectivity index (χ1) is 9.10. The fourth-order valence-corrected chi connectivity index (χ4v) is 2.88. The van der Waals surface area contributed by atoms with E-state index in [0.717, 1.165) is 5.92 Å². The number of rotatable bonds is 13. The molecule has 1 N–H and O–H groups in total. The highest BCUT2D eigenvalue weighted by molar-refractivity contribution is 4.80. The van der Waals surface area contributed by atoms with Gasteiger partial charge in [0.1, 0.15) is 0 Å². The van der Waals surface area contributed by atoms with E-state index in [2.05, 4.69) is 39.9 Å². The summed E-state index contributed by atoms with van der Waals surface area (Å²) >= 11 is 0. The van der Waals surface area contributed by atoms with Gasteiger partial charge in [0.05, 0.1) is 0 Å². The van der Waals surface area contributed by atoms with Crippen molar-refractivity contribution in [2.45, 2.75) is 92.4 Å². The highest BCUT2D eigenvalue weighted by Crippen LogP contribution is 2.34. The second-order valence-electron chi connectivity index (χ2n) is 6.79. The molecule has 0 aliphatic carbocycles. The van der Waals surface area contributed by atoms with Crippen LogP contribution in [-0.4, -0.2) is 13.1 Å². The van der Waals surface area contributed by atoms with Gasteiger partial charge in [0.25, 0.3) is 0 Å². The lowest BCUT2D eigenvalue weighted by Gasteiger charge is -2.34. The summed E-state index contributed by atoms with van der Waals surface area (Å²) in [5.74, 6) is 0.765. The quantitative estimate of drug-likeness (QED) is 0.417. The molecule has 0 heterocycles. The molecule has 0 aromatic carbocycles. The summed E-state index contributed by atoms with van der Waals surface area (Å²) in [6.45, 7) is 14.0. The Bertz CT molecular complexity index is 188. The Morgan fingerprint density at radius 1 is 0.842 bits per heavy atom. The van der Waals surface area contributed by atoms with Crippen LogP contribution in [0.4, 0.5) is 0 Å². The minimum absolute atomic E-state index is 0.568. The summed E-state index contributed by atoms with van der Waals surface area (Å²) in [5, 5.41) is 3.73. The van der Waals surface area contributed by atoms with Gasteiger partial charge in [-0.2, -0.15) is 0 Å². The lowest BCUT2D eigenvalue weighted by molar-refractivity contribution is 0.202. The Balaban J connectivity index is 4.23. The summed E-state index contributed by atoms with van der Waals surface area (Å²) in [7, 11) is 0. The van der Waals surface area contributed by atoms with Gasteiger partial charge in [-0.3, -0.25) is 0 Å². The molecule has 0 saturated heterocycles. The molecule has 1 nitrogen and oxygen atoms in total. The van der Waals surface area contributed by atoms with Gasteiger partial charge in [0, 0.05) is 6.54 Å². The van der Waals surface area contributed by atoms with Crippen LogP contribution in [0.5, 0.6) is 0 Å². The molecule has 1 atom stereocenters. The topological polar surface area (TPSA) is 12.0 Å². The van der Waals surface area contributed by atoms with Crippen LogP contribution < -0.4 is 5.32 Å². The summed E-state index contributed by atoms with van der Waals surface area (Å²) in [6, 6.07) is 0. The Morgan fingerprint density at radius 3 is 2.00 bits per heavy atom. The van der Waals surface area contributed by atoms with E-state index in [-0.39, 0.29) is 0 Å². The molecule has 0 spiro atoms. The molecular weight excluding hydrogens is 230 g/mol. The van der Waals surface area contributed by atoms with E-state index in [4.69, 9.17) is 0 Å². The van der Waals surface area contributed by atoms with Crippen molar-refractivity contribution in [3.63, 3.8) is 0 Å². The average molecular weight is 270 g/mol. The highest BCUT2D eigenvalue weighted by Gasteiger charge is 2.26. The van der Waals surface area contributed by atoms with Crippen molar-refractivity contribution in [2.24, 2.45) is 11.3 Å². The maximum absolute atomic E-state index is 3.73. The lowest BCUT2D eigenvalue weighted by Crippen LogP contribution is -2.35. The zero-order chi connectivity index (χ0) is 14.6. The third kappa shape index (κ3) is 9.49. The van der Waals surface area contributed by atoms with E-state index < -0.39 is 0 Å². The van der Waals surface area contributed by atoms with Crippen molar-refractivity contribution in [1.29, 1.82) is 0 Å². The van der Waals surface area contributed by atoms with Crippen LogP contribution in [0.1, 0.15) is 92.4 Å². The molecule has 0 aromatic rings. The average Bonchev–Trinajstić information content (AvgIpc) is 2.40. The summed E-state index contributed by atoms with van der Waals surface area (Å²) in [4.78, 5) is 0. The fourth-order valence-electron chi connectivity index (χ4n) is 2.88. The van der Waals surface area contributed by atoms with Crippen LogP contribution in [0.25, 0.3) is 0 Å². The highest BCUT2D eigenvalue weighted by atomic mass is 14.9. The Hall–Kier alpha value is -0.0400. The maximum Gasteiger partial charge on any atom is 0.000781 e. The largest absolute Gasteiger partial charge is 0.316 e. The lowest BCUT2D eigenvalue weighted by atomic mass is 9.75. The fraction of sp³-hybridized carbons (Fsp3) is 1.00. The summed E-state index contributed by atoms with van der Waals surface area (Å²) < 4.78 is 0. The molecule has 0 aromatic heterocycles. The predicted octanol–water partition coefficient (Wildman–Crippen LogP) is 5.79. The Kier molecular flexibility index (Phi) is 11.7. The summed E-state index contributed by atoms with van der Waals surface area (Å²) in [5.41, 5.74) is 0.568. The molecule has 0 amide bonds. The monoisotopic (exact) mass is 269 g/mol. The van der Waals surface area contributed by atoms with E-state index in [1.54, 1.807) is 0 Å². The minimum Gasteiger partial charge on any atom is -0.316 e. The third-order valence-corrected chi connectivity index (χ3v) is 4.42. The molecule has 19 heavy (non-hydrogen) atoms. The maximum atomic E-state index is 3.73. The molecular formula is C18H39N. The molecule has 0 rings (SSSR count). The predicted molar refractivity (Wildman–Crippen MR) is 88.7 cm³/mol. The van der Waals surface area contributed by atoms with Gasteiger partial charge in [0.2, 0.25) is 0 Å². The Labute approximate surface area is 122 Å². The standard InChI is InChI=1S/C18H39N/c1-6-9-11-12-14-18(8-3,13-10-7-2)16-19-15-17(4)5/h17,19H,6-16H2,1-5H3. The van der Waals surface area contributed by atoms with Crippen molar-refractivity contribution in [3.8, 4) is 0 Å². The van der Waals surface area contributed by atoms with Crippen LogP contribution in [0.2, 0.25) is 0 Å². The third-order valence-electron chi connectivity index (χ3n) is 4.42. The SMILES string of the molecule is CCCCCCC(CC)(CCCC)CNCC(C)C. The Morgan fingerprint density at radius 2 is 1.47 bits per heavy atom. The smallest absolute Gasteiger partial charge is 0.000781 e. The zero-order valence-corrected chi connectivity index (χ0v) is 14.4. The molecule has 0 aliphatic heterocycles. The number of hydrogen-bond acceptors (Lipinski definition) is 1. The van der Waals surface area contributed by atoms with Gasteiger partial charge in [-0.1, -0.05) is 73.1 Å². The van der Waals surface area contributed by atoms with E-state index in [1.807, 2.05) is 0 Å². The number of nitrogens with one attached hydrogen (secondary N) is 1. The van der Waals surface area contributed by atoms with Crippen molar-refractivity contribution in [3.05, 3.63) is 0 Å². The second kappa shape index (κ2) is 11.8. The molecule has 0 aliphatic rings. The van der Waals surface area contributed by atoms with Crippen molar-refractivity contribution < 1.29 is 0 Å². The van der Waals surface area contributed by atoms with Crippen molar-refractivity contribution >= 4 is 0 Å². The van der Waals surface area contributed by atoms with E-state index in [1.165, 1.54) is 70.9 Å². The summed E-state index contributed by atoms with van der Waals surface area (Å²) in [6.07, 6.45) is 12.5. The van der Waals surface area contributed by atoms with Crippen LogP contribution >= 0.6 is 0 Å². The van der Waals surface area contributed by atoms with Crippen molar-refractivity contribution in [1.82, 2.24) is 5.32 Å². The molecule has 0 radical (unpaired) electrons. The first kappa shape index (κ1) is 19.0. The first-order valence-corrected chi connectivity index (χ1v) is 8.81. The van der Waals surface area contributed by atoms with E-state index in [9.17, 15) is 0 Å². The normalized spacial score (nSPS) is 14.8. The van der Waals surface area contributed by atoms with Gasteiger partial charge in [-0.15, -0.1) is 0 Å². The van der Waals surface area contributed by atoms with Crippen LogP contribution in [0.15, 0.2) is 0 Å². The zero-order valence-electron chi connectivity index (χ0n) is 14.4. The van der Waals surface area contributed by atoms with Gasteiger partial charge in [-0.05, 0) is 37.1 Å². The molecule has 0 bridgehead atoms. The van der Waals surface area contributed by atoms with Crippen molar-refractivity contribution in [2.75, 3.05) is 13.1 Å². The molecule has 116 valence electrons. The number of hydrogen-bond donors (Lipinski definition) is 1.